The number of hydrogen-bond acceptors (Lipinski definition) is 2. The summed E-state index contributed by atoms with van der Waals surface area (Å²) in [5, 5.41) is 12.7. The molecule has 0 amide bonds. The number of benzene rings is 1. The van der Waals surface area contributed by atoms with Gasteiger partial charge in [0.25, 0.3) is 0 Å². The van der Waals surface area contributed by atoms with Crippen molar-refractivity contribution in [1.29, 1.82) is 0 Å². The zero-order valence-electron chi connectivity index (χ0n) is 12.7. The highest BCUT2D eigenvalue weighted by molar-refractivity contribution is 5.82. The molecule has 0 aliphatic carbocycles. The number of nitrogens with one attached hydrogen (secondary N) is 1. The first kappa shape index (κ1) is 16.5. The van der Waals surface area contributed by atoms with Crippen molar-refractivity contribution < 1.29 is 14.3 Å². The van der Waals surface area contributed by atoms with Gasteiger partial charge in [-0.3, -0.25) is 0 Å². The van der Waals surface area contributed by atoms with Gasteiger partial charge in [0.15, 0.2) is 0 Å². The maximum Gasteiger partial charge on any atom is 0.329 e. The molecule has 112 valence electrons. The lowest BCUT2D eigenvalue weighted by atomic mass is 9.84. The van der Waals surface area contributed by atoms with Crippen LogP contribution in [0.25, 0.3) is 0 Å². The molecule has 1 aromatic rings. The maximum atomic E-state index is 13.4. The van der Waals surface area contributed by atoms with Crippen molar-refractivity contribution in [2.75, 3.05) is 5.32 Å². The molecule has 20 heavy (non-hydrogen) atoms. The quantitative estimate of drug-likeness (QED) is 0.787. The molecule has 0 aliphatic rings. The Hall–Kier alpha value is -1.58. The molecule has 0 bridgehead atoms. The minimum Gasteiger partial charge on any atom is -0.480 e. The Morgan fingerprint density at radius 2 is 2.05 bits per heavy atom. The van der Waals surface area contributed by atoms with E-state index in [1.165, 1.54) is 12.1 Å². The topological polar surface area (TPSA) is 49.3 Å². The van der Waals surface area contributed by atoms with Crippen LogP contribution in [0.1, 0.15) is 45.6 Å². The molecule has 1 aromatic carbocycles. The van der Waals surface area contributed by atoms with Crippen molar-refractivity contribution in [2.24, 2.45) is 5.92 Å². The molecular weight excluding hydrogens is 257 g/mol. The van der Waals surface area contributed by atoms with Crippen molar-refractivity contribution in [2.45, 2.75) is 52.5 Å². The normalized spacial score (nSPS) is 15.4. The fourth-order valence-corrected chi connectivity index (χ4v) is 2.40. The number of carbonyl (C=O) groups is 1. The van der Waals surface area contributed by atoms with Crippen LogP contribution >= 0.6 is 0 Å². The van der Waals surface area contributed by atoms with E-state index in [4.69, 9.17) is 0 Å². The van der Waals surface area contributed by atoms with Crippen molar-refractivity contribution in [3.8, 4) is 0 Å². The number of aliphatic carboxylic acids is 1. The van der Waals surface area contributed by atoms with Crippen LogP contribution in [0.3, 0.4) is 0 Å². The summed E-state index contributed by atoms with van der Waals surface area (Å²) in [4.78, 5) is 11.7. The SMILES string of the molecule is CCC(C)CC(CC)(Nc1cc(C)cc(F)c1)C(=O)O. The Morgan fingerprint density at radius 1 is 1.40 bits per heavy atom. The van der Waals surface area contributed by atoms with Gasteiger partial charge in [0, 0.05) is 5.69 Å². The molecule has 3 nitrogen and oxygen atoms in total. The first-order valence-electron chi connectivity index (χ1n) is 7.11. The minimum atomic E-state index is -1.05. The largest absolute Gasteiger partial charge is 0.480 e. The van der Waals surface area contributed by atoms with E-state index in [2.05, 4.69) is 5.32 Å². The lowest BCUT2D eigenvalue weighted by Crippen LogP contribution is -2.47. The average Bonchev–Trinajstić information content (AvgIpc) is 2.36. The summed E-state index contributed by atoms with van der Waals surface area (Å²) in [6.45, 7) is 7.71. The van der Waals surface area contributed by atoms with Crippen LogP contribution in [0.2, 0.25) is 0 Å². The van der Waals surface area contributed by atoms with Gasteiger partial charge in [-0.25, -0.2) is 9.18 Å². The highest BCUT2D eigenvalue weighted by atomic mass is 19.1. The fraction of sp³-hybridized carbons (Fsp3) is 0.562. The van der Waals surface area contributed by atoms with Gasteiger partial charge in [-0.1, -0.05) is 27.2 Å². The fourth-order valence-electron chi connectivity index (χ4n) is 2.40. The summed E-state index contributed by atoms with van der Waals surface area (Å²) in [7, 11) is 0. The number of aryl methyl sites for hydroxylation is 1. The monoisotopic (exact) mass is 281 g/mol. The van der Waals surface area contributed by atoms with E-state index in [0.717, 1.165) is 12.0 Å². The molecule has 0 saturated carbocycles. The molecule has 2 atom stereocenters. The number of rotatable bonds is 7. The first-order valence-corrected chi connectivity index (χ1v) is 7.11. The molecule has 0 aromatic heterocycles. The third kappa shape index (κ3) is 3.95. The number of carboxylic acids is 1. The summed E-state index contributed by atoms with van der Waals surface area (Å²) in [5.74, 6) is -0.957. The predicted molar refractivity (Wildman–Crippen MR) is 79.5 cm³/mol. The number of hydrogen-bond donors (Lipinski definition) is 2. The zero-order valence-corrected chi connectivity index (χ0v) is 12.7. The van der Waals surface area contributed by atoms with Crippen LogP contribution in [0.4, 0.5) is 10.1 Å². The third-order valence-electron chi connectivity index (χ3n) is 3.83. The summed E-state index contributed by atoms with van der Waals surface area (Å²) >= 11 is 0. The molecule has 0 fully saturated rings. The molecule has 2 N–H and O–H groups in total. The second-order valence-electron chi connectivity index (χ2n) is 5.60. The van der Waals surface area contributed by atoms with E-state index in [9.17, 15) is 14.3 Å². The molecule has 0 radical (unpaired) electrons. The van der Waals surface area contributed by atoms with Gasteiger partial charge < -0.3 is 10.4 Å². The lowest BCUT2D eigenvalue weighted by Gasteiger charge is -2.33. The zero-order chi connectivity index (χ0) is 15.3. The Labute approximate surface area is 120 Å². The number of halogens is 1. The molecule has 1 rings (SSSR count). The third-order valence-corrected chi connectivity index (χ3v) is 3.83. The number of carboxylic acid groups (broad SMARTS) is 1. The van der Waals surface area contributed by atoms with Crippen LogP contribution in [0.15, 0.2) is 18.2 Å². The van der Waals surface area contributed by atoms with Crippen molar-refractivity contribution in [3.05, 3.63) is 29.6 Å². The molecule has 0 saturated heterocycles. The molecule has 0 aliphatic heterocycles. The standard InChI is InChI=1S/C16H24FNO2/c1-5-11(3)10-16(6-2,15(19)20)18-14-8-12(4)7-13(17)9-14/h7-9,11,18H,5-6,10H2,1-4H3,(H,19,20). The Morgan fingerprint density at radius 3 is 2.50 bits per heavy atom. The van der Waals surface area contributed by atoms with Crippen LogP contribution in [-0.4, -0.2) is 16.6 Å². The highest BCUT2D eigenvalue weighted by Gasteiger charge is 2.37. The highest BCUT2D eigenvalue weighted by Crippen LogP contribution is 2.28. The smallest absolute Gasteiger partial charge is 0.329 e. The Bertz CT molecular complexity index is 455. The van der Waals surface area contributed by atoms with Crippen molar-refractivity contribution in [3.63, 3.8) is 0 Å². The summed E-state index contributed by atoms with van der Waals surface area (Å²) < 4.78 is 13.4. The van der Waals surface area contributed by atoms with Crippen LogP contribution in [-0.2, 0) is 4.79 Å². The van der Waals surface area contributed by atoms with Gasteiger partial charge in [0.2, 0.25) is 0 Å². The predicted octanol–water partition coefficient (Wildman–Crippen LogP) is 4.22. The van der Waals surface area contributed by atoms with E-state index in [1.54, 1.807) is 13.0 Å². The van der Waals surface area contributed by atoms with Gasteiger partial charge in [0.05, 0.1) is 0 Å². The molecule has 4 heteroatoms. The summed E-state index contributed by atoms with van der Waals surface area (Å²) in [5.41, 5.74) is 0.247. The molecule has 0 spiro atoms. The van der Waals surface area contributed by atoms with E-state index in [0.29, 0.717) is 18.5 Å². The summed E-state index contributed by atoms with van der Waals surface area (Å²) in [6, 6.07) is 4.54. The van der Waals surface area contributed by atoms with E-state index in [-0.39, 0.29) is 11.7 Å². The Kier molecular flexibility index (Phi) is 5.54. The van der Waals surface area contributed by atoms with Crippen LogP contribution < -0.4 is 5.32 Å². The van der Waals surface area contributed by atoms with E-state index in [1.807, 2.05) is 20.8 Å². The van der Waals surface area contributed by atoms with Crippen LogP contribution in [0.5, 0.6) is 0 Å². The molecule has 0 heterocycles. The average molecular weight is 281 g/mol. The molecular formula is C16H24FNO2. The van der Waals surface area contributed by atoms with Gasteiger partial charge in [-0.2, -0.15) is 0 Å². The van der Waals surface area contributed by atoms with Gasteiger partial charge in [0.1, 0.15) is 11.4 Å². The van der Waals surface area contributed by atoms with E-state index < -0.39 is 11.5 Å². The lowest BCUT2D eigenvalue weighted by molar-refractivity contribution is -0.143. The van der Waals surface area contributed by atoms with Crippen LogP contribution in [0, 0.1) is 18.7 Å². The Balaban J connectivity index is 3.08. The second-order valence-corrected chi connectivity index (χ2v) is 5.60. The van der Waals surface area contributed by atoms with Gasteiger partial charge in [-0.05, 0) is 49.4 Å². The first-order chi connectivity index (χ1) is 9.32. The van der Waals surface area contributed by atoms with Gasteiger partial charge >= 0.3 is 5.97 Å². The van der Waals surface area contributed by atoms with Gasteiger partial charge in [-0.15, -0.1) is 0 Å². The maximum absolute atomic E-state index is 13.4. The summed E-state index contributed by atoms with van der Waals surface area (Å²) in [6.07, 6.45) is 1.88. The number of anilines is 1. The van der Waals surface area contributed by atoms with E-state index >= 15 is 0 Å². The van der Waals surface area contributed by atoms with Crippen molar-refractivity contribution >= 4 is 11.7 Å². The second kappa shape index (κ2) is 6.73. The van der Waals surface area contributed by atoms with Crippen molar-refractivity contribution in [1.82, 2.24) is 0 Å². The molecule has 2 unspecified atom stereocenters. The minimum absolute atomic E-state index is 0.285.